The minimum atomic E-state index is 0. The lowest BCUT2D eigenvalue weighted by molar-refractivity contribution is -0.129. The van der Waals surface area contributed by atoms with E-state index in [4.69, 9.17) is 4.99 Å². The number of nitrogens with one attached hydrogen (secondary N) is 2. The lowest BCUT2D eigenvalue weighted by atomic mass is 10.1. The first kappa shape index (κ1) is 22.4. The molecule has 1 heterocycles. The molecule has 0 aliphatic carbocycles. The lowest BCUT2D eigenvalue weighted by Gasteiger charge is -2.31. The molecule has 0 radical (unpaired) electrons. The van der Waals surface area contributed by atoms with Crippen molar-refractivity contribution in [3.8, 4) is 0 Å². The van der Waals surface area contributed by atoms with Crippen LogP contribution in [-0.2, 0) is 4.79 Å². The van der Waals surface area contributed by atoms with Crippen LogP contribution in [0.5, 0.6) is 0 Å². The van der Waals surface area contributed by atoms with Crippen LogP contribution in [0.2, 0.25) is 0 Å². The standard InChI is InChI=1S/C16H33N5O.HI/c1-7-14(22)21-10-9-13(11-21)19-15(17-8-2)18-12-16(3,4)20(5)6;/h13H,7-12H2,1-6H3,(H2,17,18,19);1H. The van der Waals surface area contributed by atoms with Crippen LogP contribution in [0.15, 0.2) is 4.99 Å². The molecule has 0 aromatic carbocycles. The number of carbonyl (C=O) groups excluding carboxylic acids is 1. The highest BCUT2D eigenvalue weighted by Crippen LogP contribution is 2.12. The van der Waals surface area contributed by atoms with Crippen molar-refractivity contribution >= 4 is 35.8 Å². The molecule has 23 heavy (non-hydrogen) atoms. The second-order valence-corrected chi connectivity index (χ2v) is 6.73. The minimum absolute atomic E-state index is 0. The average molecular weight is 439 g/mol. The van der Waals surface area contributed by atoms with Crippen LogP contribution in [0.3, 0.4) is 0 Å². The minimum Gasteiger partial charge on any atom is -0.357 e. The number of aliphatic imine (C=N–C) groups is 1. The molecule has 1 unspecified atom stereocenters. The van der Waals surface area contributed by atoms with Gasteiger partial charge in [-0.25, -0.2) is 0 Å². The van der Waals surface area contributed by atoms with Gasteiger partial charge < -0.3 is 20.4 Å². The molecule has 1 saturated heterocycles. The number of halogens is 1. The molecule has 6 nitrogen and oxygen atoms in total. The van der Waals surface area contributed by atoms with Crippen molar-refractivity contribution in [1.82, 2.24) is 20.4 Å². The van der Waals surface area contributed by atoms with Crippen LogP contribution in [0, 0.1) is 0 Å². The summed E-state index contributed by atoms with van der Waals surface area (Å²) in [6.45, 7) is 11.5. The maximum absolute atomic E-state index is 11.8. The summed E-state index contributed by atoms with van der Waals surface area (Å²) < 4.78 is 0. The van der Waals surface area contributed by atoms with Gasteiger partial charge in [0.25, 0.3) is 0 Å². The van der Waals surface area contributed by atoms with Crippen molar-refractivity contribution in [2.24, 2.45) is 4.99 Å². The average Bonchev–Trinajstić information content (AvgIpc) is 2.92. The molecule has 7 heteroatoms. The second-order valence-electron chi connectivity index (χ2n) is 6.73. The van der Waals surface area contributed by atoms with Gasteiger partial charge in [-0.1, -0.05) is 6.92 Å². The number of likely N-dealkylation sites (tertiary alicyclic amines) is 1. The van der Waals surface area contributed by atoms with Crippen LogP contribution in [0.4, 0.5) is 0 Å². The summed E-state index contributed by atoms with van der Waals surface area (Å²) in [5, 5.41) is 6.76. The van der Waals surface area contributed by atoms with Gasteiger partial charge in [0.05, 0.1) is 6.54 Å². The lowest BCUT2D eigenvalue weighted by Crippen LogP contribution is -2.47. The zero-order valence-electron chi connectivity index (χ0n) is 15.5. The van der Waals surface area contributed by atoms with E-state index in [0.29, 0.717) is 6.42 Å². The van der Waals surface area contributed by atoms with E-state index in [-0.39, 0.29) is 41.5 Å². The Labute approximate surface area is 158 Å². The van der Waals surface area contributed by atoms with E-state index >= 15 is 0 Å². The van der Waals surface area contributed by atoms with Gasteiger partial charge in [-0.3, -0.25) is 9.79 Å². The van der Waals surface area contributed by atoms with Gasteiger partial charge in [0.1, 0.15) is 0 Å². The Morgan fingerprint density at radius 1 is 1.35 bits per heavy atom. The third-order valence-corrected chi connectivity index (χ3v) is 4.36. The van der Waals surface area contributed by atoms with Crippen LogP contribution in [0.1, 0.15) is 40.5 Å². The summed E-state index contributed by atoms with van der Waals surface area (Å²) >= 11 is 0. The SMILES string of the molecule is CCNC(=NCC(C)(C)N(C)C)NC1CCN(C(=O)CC)C1.I. The molecule has 136 valence electrons. The van der Waals surface area contributed by atoms with E-state index in [2.05, 4.69) is 50.4 Å². The largest absolute Gasteiger partial charge is 0.357 e. The third kappa shape index (κ3) is 7.24. The van der Waals surface area contributed by atoms with Crippen molar-refractivity contribution in [3.05, 3.63) is 0 Å². The maximum Gasteiger partial charge on any atom is 0.222 e. The topological polar surface area (TPSA) is 60.0 Å². The van der Waals surface area contributed by atoms with Crippen molar-refractivity contribution in [3.63, 3.8) is 0 Å². The fraction of sp³-hybridized carbons (Fsp3) is 0.875. The number of amides is 1. The number of guanidine groups is 1. The molecule has 0 aromatic heterocycles. The van der Waals surface area contributed by atoms with Gasteiger partial charge in [0, 0.05) is 37.6 Å². The molecular formula is C16H34IN5O. The monoisotopic (exact) mass is 439 g/mol. The van der Waals surface area contributed by atoms with E-state index in [1.165, 1.54) is 0 Å². The molecule has 1 aliphatic heterocycles. The van der Waals surface area contributed by atoms with E-state index in [9.17, 15) is 4.79 Å². The van der Waals surface area contributed by atoms with E-state index in [1.54, 1.807) is 0 Å². The predicted molar refractivity (Wildman–Crippen MR) is 108 cm³/mol. The summed E-state index contributed by atoms with van der Waals surface area (Å²) in [7, 11) is 4.14. The highest BCUT2D eigenvalue weighted by molar-refractivity contribution is 14.0. The molecule has 0 spiro atoms. The summed E-state index contributed by atoms with van der Waals surface area (Å²) in [6, 6.07) is 0.288. The first-order valence-electron chi connectivity index (χ1n) is 8.30. The number of rotatable bonds is 6. The Morgan fingerprint density at radius 2 is 2.00 bits per heavy atom. The van der Waals surface area contributed by atoms with Crippen molar-refractivity contribution in [2.45, 2.75) is 52.1 Å². The Morgan fingerprint density at radius 3 is 2.52 bits per heavy atom. The van der Waals surface area contributed by atoms with Crippen LogP contribution < -0.4 is 10.6 Å². The molecule has 1 rings (SSSR count). The van der Waals surface area contributed by atoms with Gasteiger partial charge in [-0.15, -0.1) is 24.0 Å². The quantitative estimate of drug-likeness (QED) is 0.374. The highest BCUT2D eigenvalue weighted by atomic mass is 127. The molecular weight excluding hydrogens is 405 g/mol. The van der Waals surface area contributed by atoms with Crippen molar-refractivity contribution in [1.29, 1.82) is 0 Å². The van der Waals surface area contributed by atoms with Crippen LogP contribution in [-0.4, -0.2) is 73.5 Å². The Balaban J connectivity index is 0.00000484. The molecule has 0 bridgehead atoms. The Hall–Kier alpha value is -0.570. The first-order valence-corrected chi connectivity index (χ1v) is 8.30. The second kappa shape index (κ2) is 10.3. The molecule has 2 N–H and O–H groups in total. The number of hydrogen-bond donors (Lipinski definition) is 2. The molecule has 1 atom stereocenters. The van der Waals surface area contributed by atoms with Gasteiger partial charge >= 0.3 is 0 Å². The van der Waals surface area contributed by atoms with Crippen molar-refractivity contribution < 1.29 is 4.79 Å². The van der Waals surface area contributed by atoms with E-state index in [1.807, 2.05) is 11.8 Å². The number of carbonyl (C=O) groups is 1. The Kier molecular flexibility index (Phi) is 10.1. The maximum atomic E-state index is 11.8. The third-order valence-electron chi connectivity index (χ3n) is 4.36. The zero-order chi connectivity index (χ0) is 16.8. The van der Waals surface area contributed by atoms with Gasteiger partial charge in [0.2, 0.25) is 5.91 Å². The summed E-state index contributed by atoms with van der Waals surface area (Å²) in [5.41, 5.74) is 0.0161. The summed E-state index contributed by atoms with van der Waals surface area (Å²) in [6.07, 6.45) is 1.56. The number of likely N-dealkylation sites (N-methyl/N-ethyl adjacent to an activating group) is 1. The molecule has 0 saturated carbocycles. The van der Waals surface area contributed by atoms with E-state index < -0.39 is 0 Å². The fourth-order valence-electron chi connectivity index (χ4n) is 2.26. The predicted octanol–water partition coefficient (Wildman–Crippen LogP) is 1.51. The summed E-state index contributed by atoms with van der Waals surface area (Å²) in [4.78, 5) is 20.6. The fourth-order valence-corrected chi connectivity index (χ4v) is 2.26. The highest BCUT2D eigenvalue weighted by Gasteiger charge is 2.26. The zero-order valence-corrected chi connectivity index (χ0v) is 17.8. The van der Waals surface area contributed by atoms with Gasteiger partial charge in [-0.2, -0.15) is 0 Å². The Bertz CT molecular complexity index is 398. The molecule has 0 aromatic rings. The van der Waals surface area contributed by atoms with Crippen LogP contribution in [0.25, 0.3) is 0 Å². The first-order chi connectivity index (χ1) is 10.3. The number of nitrogens with zero attached hydrogens (tertiary/aromatic N) is 3. The van der Waals surface area contributed by atoms with Crippen molar-refractivity contribution in [2.75, 3.05) is 40.3 Å². The normalized spacial score (nSPS) is 18.8. The summed E-state index contributed by atoms with van der Waals surface area (Å²) in [5.74, 6) is 1.08. The molecule has 1 amide bonds. The molecule has 1 aliphatic rings. The van der Waals surface area contributed by atoms with Gasteiger partial charge in [-0.05, 0) is 41.3 Å². The van der Waals surface area contributed by atoms with Gasteiger partial charge in [0.15, 0.2) is 5.96 Å². The number of hydrogen-bond acceptors (Lipinski definition) is 3. The smallest absolute Gasteiger partial charge is 0.222 e. The van der Waals surface area contributed by atoms with E-state index in [0.717, 1.165) is 38.6 Å². The van der Waals surface area contributed by atoms with Crippen LogP contribution >= 0.6 is 24.0 Å². The molecule has 1 fully saturated rings.